The highest BCUT2D eigenvalue weighted by Gasteiger charge is 2.14. The lowest BCUT2D eigenvalue weighted by atomic mass is 10.1. The fourth-order valence-corrected chi connectivity index (χ4v) is 2.49. The number of fused-ring (bicyclic) bond motifs is 1. The van der Waals surface area contributed by atoms with Crippen LogP contribution >= 0.6 is 0 Å². The average molecular weight is 264 g/mol. The van der Waals surface area contributed by atoms with Crippen molar-refractivity contribution >= 4 is 5.91 Å². The summed E-state index contributed by atoms with van der Waals surface area (Å²) in [5.74, 6) is 2.66. The summed E-state index contributed by atoms with van der Waals surface area (Å²) in [5.41, 5.74) is 0. The molecular formula is C14H24N4O. The van der Waals surface area contributed by atoms with Gasteiger partial charge < -0.3 is 9.88 Å². The van der Waals surface area contributed by atoms with Crippen LogP contribution < -0.4 is 5.32 Å². The monoisotopic (exact) mass is 264 g/mol. The number of carbonyl (C=O) groups excluding carboxylic acids is 1. The highest BCUT2D eigenvalue weighted by molar-refractivity contribution is 5.75. The van der Waals surface area contributed by atoms with Crippen LogP contribution in [0.15, 0.2) is 0 Å². The molecule has 1 N–H and O–H groups in total. The van der Waals surface area contributed by atoms with E-state index < -0.39 is 0 Å². The predicted molar refractivity (Wildman–Crippen MR) is 73.7 cm³/mol. The molecule has 0 aliphatic carbocycles. The van der Waals surface area contributed by atoms with Gasteiger partial charge >= 0.3 is 0 Å². The lowest BCUT2D eigenvalue weighted by Crippen LogP contribution is -2.27. The zero-order chi connectivity index (χ0) is 13.7. The number of hydrogen-bond donors (Lipinski definition) is 1. The van der Waals surface area contributed by atoms with E-state index in [1.165, 1.54) is 19.3 Å². The molecule has 5 nitrogen and oxygen atoms in total. The molecule has 2 heterocycles. The van der Waals surface area contributed by atoms with Crippen molar-refractivity contribution in [3.05, 3.63) is 11.6 Å². The molecule has 0 bridgehead atoms. The first-order valence-corrected chi connectivity index (χ1v) is 7.34. The van der Waals surface area contributed by atoms with Crippen molar-refractivity contribution in [3.63, 3.8) is 0 Å². The van der Waals surface area contributed by atoms with E-state index in [1.807, 2.05) is 0 Å². The van der Waals surface area contributed by atoms with Crippen LogP contribution in [0.2, 0.25) is 0 Å². The van der Waals surface area contributed by atoms with Gasteiger partial charge in [-0.15, -0.1) is 10.2 Å². The van der Waals surface area contributed by atoms with Crippen LogP contribution in [0.1, 0.15) is 51.2 Å². The van der Waals surface area contributed by atoms with Gasteiger partial charge in [0.15, 0.2) is 0 Å². The first-order valence-electron chi connectivity index (χ1n) is 7.34. The molecule has 2 rings (SSSR count). The van der Waals surface area contributed by atoms with Crippen molar-refractivity contribution < 1.29 is 4.79 Å². The van der Waals surface area contributed by atoms with Gasteiger partial charge in [-0.2, -0.15) is 0 Å². The number of hydrogen-bond acceptors (Lipinski definition) is 3. The van der Waals surface area contributed by atoms with E-state index in [9.17, 15) is 4.79 Å². The molecule has 106 valence electrons. The number of nitrogens with zero attached hydrogens (tertiary/aromatic N) is 3. The molecule has 1 aliphatic heterocycles. The molecular weight excluding hydrogens is 240 g/mol. The smallest absolute Gasteiger partial charge is 0.220 e. The topological polar surface area (TPSA) is 59.8 Å². The summed E-state index contributed by atoms with van der Waals surface area (Å²) in [6, 6.07) is 0. The number of amides is 1. The Bertz CT molecular complexity index is 425. The van der Waals surface area contributed by atoms with Gasteiger partial charge in [-0.25, -0.2) is 0 Å². The van der Waals surface area contributed by atoms with Gasteiger partial charge in [0.2, 0.25) is 5.91 Å². The Morgan fingerprint density at radius 3 is 2.95 bits per heavy atom. The summed E-state index contributed by atoms with van der Waals surface area (Å²) in [6.07, 6.45) is 6.09. The van der Waals surface area contributed by atoms with Crippen molar-refractivity contribution in [2.45, 2.75) is 58.9 Å². The first kappa shape index (κ1) is 14.0. The normalized spacial score (nSPS) is 15.1. The fraction of sp³-hybridized carbons (Fsp3) is 0.786. The Kier molecular flexibility index (Phi) is 4.93. The Labute approximate surface area is 114 Å². The predicted octanol–water partition coefficient (Wildman–Crippen LogP) is 1.71. The maximum absolute atomic E-state index is 11.6. The van der Waals surface area contributed by atoms with Crippen LogP contribution in [0.4, 0.5) is 0 Å². The number of nitrogens with one attached hydrogen (secondary N) is 1. The second kappa shape index (κ2) is 6.68. The van der Waals surface area contributed by atoms with Crippen LogP contribution in [-0.4, -0.2) is 27.2 Å². The van der Waals surface area contributed by atoms with Gasteiger partial charge in [-0.1, -0.05) is 20.3 Å². The molecule has 0 spiro atoms. The molecule has 0 radical (unpaired) electrons. The average Bonchev–Trinajstić information content (AvgIpc) is 2.58. The van der Waals surface area contributed by atoms with E-state index in [4.69, 9.17) is 0 Å². The Morgan fingerprint density at radius 1 is 1.32 bits per heavy atom. The molecule has 0 fully saturated rings. The molecule has 19 heavy (non-hydrogen) atoms. The second-order valence-corrected chi connectivity index (χ2v) is 5.69. The number of carbonyl (C=O) groups is 1. The van der Waals surface area contributed by atoms with E-state index in [2.05, 4.69) is 33.9 Å². The van der Waals surface area contributed by atoms with Crippen LogP contribution in [0.3, 0.4) is 0 Å². The molecule has 0 aromatic carbocycles. The standard InChI is InChI=1S/C14H24N4O/c1-11(2)10-14(19)15-8-7-13-17-16-12-6-4-3-5-9-18(12)13/h11H,3-10H2,1-2H3,(H,15,19). The van der Waals surface area contributed by atoms with Gasteiger partial charge in [-0.3, -0.25) is 4.79 Å². The molecule has 1 aromatic rings. The zero-order valence-electron chi connectivity index (χ0n) is 12.0. The highest BCUT2D eigenvalue weighted by atomic mass is 16.1. The summed E-state index contributed by atoms with van der Waals surface area (Å²) >= 11 is 0. The van der Waals surface area contributed by atoms with Crippen molar-refractivity contribution in [3.8, 4) is 0 Å². The van der Waals surface area contributed by atoms with Crippen LogP contribution in [0, 0.1) is 5.92 Å². The summed E-state index contributed by atoms with van der Waals surface area (Å²) in [4.78, 5) is 11.6. The summed E-state index contributed by atoms with van der Waals surface area (Å²) in [6.45, 7) is 5.79. The second-order valence-electron chi connectivity index (χ2n) is 5.69. The van der Waals surface area contributed by atoms with E-state index in [0.29, 0.717) is 18.9 Å². The van der Waals surface area contributed by atoms with Gasteiger partial charge in [-0.05, 0) is 18.8 Å². The Balaban J connectivity index is 1.83. The zero-order valence-corrected chi connectivity index (χ0v) is 12.0. The molecule has 0 saturated carbocycles. The first-order chi connectivity index (χ1) is 9.16. The summed E-state index contributed by atoms with van der Waals surface area (Å²) in [5, 5.41) is 11.5. The Hall–Kier alpha value is -1.39. The molecule has 1 amide bonds. The largest absolute Gasteiger partial charge is 0.356 e. The minimum absolute atomic E-state index is 0.130. The van der Waals surface area contributed by atoms with Crippen molar-refractivity contribution in [2.24, 2.45) is 5.92 Å². The van der Waals surface area contributed by atoms with E-state index in [0.717, 1.165) is 31.0 Å². The lowest BCUT2D eigenvalue weighted by Gasteiger charge is -2.08. The SMILES string of the molecule is CC(C)CC(=O)NCCc1nnc2n1CCCCC2. The maximum Gasteiger partial charge on any atom is 0.220 e. The molecule has 1 aliphatic rings. The Morgan fingerprint density at radius 2 is 2.16 bits per heavy atom. The lowest BCUT2D eigenvalue weighted by molar-refractivity contribution is -0.121. The third-order valence-corrected chi connectivity index (χ3v) is 3.45. The molecule has 5 heteroatoms. The summed E-state index contributed by atoms with van der Waals surface area (Å²) in [7, 11) is 0. The summed E-state index contributed by atoms with van der Waals surface area (Å²) < 4.78 is 2.24. The third-order valence-electron chi connectivity index (χ3n) is 3.45. The molecule has 0 atom stereocenters. The number of rotatable bonds is 5. The van der Waals surface area contributed by atoms with E-state index in [1.54, 1.807) is 0 Å². The van der Waals surface area contributed by atoms with Crippen LogP contribution in [0.25, 0.3) is 0 Å². The van der Waals surface area contributed by atoms with Crippen LogP contribution in [0.5, 0.6) is 0 Å². The number of aromatic nitrogens is 3. The molecule has 0 saturated heterocycles. The highest BCUT2D eigenvalue weighted by Crippen LogP contribution is 2.14. The van der Waals surface area contributed by atoms with Gasteiger partial charge in [0.1, 0.15) is 11.6 Å². The quantitative estimate of drug-likeness (QED) is 0.880. The number of aryl methyl sites for hydroxylation is 1. The van der Waals surface area contributed by atoms with Crippen LogP contribution in [-0.2, 0) is 24.2 Å². The minimum atomic E-state index is 0.130. The van der Waals surface area contributed by atoms with E-state index in [-0.39, 0.29) is 5.91 Å². The van der Waals surface area contributed by atoms with Gasteiger partial charge in [0.25, 0.3) is 0 Å². The minimum Gasteiger partial charge on any atom is -0.356 e. The van der Waals surface area contributed by atoms with E-state index >= 15 is 0 Å². The van der Waals surface area contributed by atoms with Crippen molar-refractivity contribution in [1.29, 1.82) is 0 Å². The maximum atomic E-state index is 11.6. The fourth-order valence-electron chi connectivity index (χ4n) is 2.49. The van der Waals surface area contributed by atoms with Crippen molar-refractivity contribution in [1.82, 2.24) is 20.1 Å². The molecule has 0 unspecified atom stereocenters. The van der Waals surface area contributed by atoms with Crippen molar-refractivity contribution in [2.75, 3.05) is 6.54 Å². The molecule has 1 aromatic heterocycles. The van der Waals surface area contributed by atoms with Gasteiger partial charge in [0.05, 0.1) is 0 Å². The van der Waals surface area contributed by atoms with Gasteiger partial charge in [0, 0.05) is 32.4 Å². The third kappa shape index (κ3) is 4.04.